The van der Waals surface area contributed by atoms with E-state index >= 15 is 0 Å². The lowest BCUT2D eigenvalue weighted by Crippen LogP contribution is -2.46. The molecule has 0 radical (unpaired) electrons. The third kappa shape index (κ3) is 2.88. The second-order valence-electron chi connectivity index (χ2n) is 6.96. The van der Waals surface area contributed by atoms with E-state index in [9.17, 15) is 9.59 Å². The molecular weight excluding hydrogens is 334 g/mol. The molecule has 1 amide bonds. The molecule has 6 heteroatoms. The van der Waals surface area contributed by atoms with E-state index in [2.05, 4.69) is 0 Å². The normalized spacial score (nSPS) is 18.0. The molecule has 1 fully saturated rings. The smallest absolute Gasteiger partial charge is 0.339 e. The van der Waals surface area contributed by atoms with Crippen LogP contribution in [0.3, 0.4) is 0 Å². The molecule has 0 N–H and O–H groups in total. The molecular formula is C20H23NO5. The Bertz CT molecular complexity index is 911. The summed E-state index contributed by atoms with van der Waals surface area (Å²) in [7, 11) is 0. The van der Waals surface area contributed by atoms with Crippen LogP contribution in [0.5, 0.6) is 5.75 Å². The van der Waals surface area contributed by atoms with Gasteiger partial charge in [0.1, 0.15) is 11.3 Å². The average Bonchev–Trinajstić information content (AvgIpc) is 3.15. The largest absolute Gasteiger partial charge is 0.480 e. The summed E-state index contributed by atoms with van der Waals surface area (Å²) < 4.78 is 16.8. The van der Waals surface area contributed by atoms with Crippen LogP contribution < -0.4 is 10.4 Å². The molecule has 26 heavy (non-hydrogen) atoms. The molecule has 1 atom stereocenters. The highest BCUT2D eigenvalue weighted by Crippen LogP contribution is 2.33. The molecule has 0 saturated carbocycles. The number of hydrogen-bond donors (Lipinski definition) is 0. The summed E-state index contributed by atoms with van der Waals surface area (Å²) in [5, 5.41) is 0.981. The Balaban J connectivity index is 1.63. The summed E-state index contributed by atoms with van der Waals surface area (Å²) in [4.78, 5) is 26.6. The molecule has 1 saturated heterocycles. The zero-order valence-corrected chi connectivity index (χ0v) is 15.2. The number of ether oxygens (including phenoxy) is 2. The summed E-state index contributed by atoms with van der Waals surface area (Å²) in [6.45, 7) is 5.91. The lowest BCUT2D eigenvalue weighted by molar-refractivity contribution is -0.142. The minimum atomic E-state index is -0.606. The summed E-state index contributed by atoms with van der Waals surface area (Å²) in [5.74, 6) is 0.524. The quantitative estimate of drug-likeness (QED) is 0.788. The number of carbonyl (C=O) groups is 1. The second kappa shape index (κ2) is 6.76. The van der Waals surface area contributed by atoms with Crippen LogP contribution in [-0.4, -0.2) is 43.2 Å². The van der Waals surface area contributed by atoms with Gasteiger partial charge in [-0.2, -0.15) is 0 Å². The van der Waals surface area contributed by atoms with Crippen LogP contribution in [0.25, 0.3) is 11.0 Å². The van der Waals surface area contributed by atoms with Gasteiger partial charge in [-0.25, -0.2) is 4.79 Å². The molecule has 2 aromatic rings. The predicted molar refractivity (Wildman–Crippen MR) is 96.7 cm³/mol. The van der Waals surface area contributed by atoms with Crippen LogP contribution in [0, 0.1) is 6.92 Å². The van der Waals surface area contributed by atoms with E-state index in [0.29, 0.717) is 37.6 Å². The zero-order valence-electron chi connectivity index (χ0n) is 15.2. The maximum absolute atomic E-state index is 12.6. The highest BCUT2D eigenvalue weighted by Gasteiger charge is 2.26. The minimum absolute atomic E-state index is 0.0526. The van der Waals surface area contributed by atoms with E-state index in [0.717, 1.165) is 41.3 Å². The van der Waals surface area contributed by atoms with Gasteiger partial charge in [0.2, 0.25) is 0 Å². The van der Waals surface area contributed by atoms with Crippen LogP contribution in [-0.2, 0) is 22.4 Å². The number of nitrogens with zero attached hydrogens (tertiary/aromatic N) is 1. The van der Waals surface area contributed by atoms with Gasteiger partial charge in [0.15, 0.2) is 6.10 Å². The number of rotatable bonds is 3. The van der Waals surface area contributed by atoms with Crippen molar-refractivity contribution in [3.63, 3.8) is 0 Å². The topological polar surface area (TPSA) is 69.0 Å². The predicted octanol–water partition coefficient (Wildman–Crippen LogP) is 2.22. The molecule has 4 rings (SSSR count). The molecule has 2 heterocycles. The number of fused-ring (bicyclic) bond motifs is 3. The maximum Gasteiger partial charge on any atom is 0.339 e. The van der Waals surface area contributed by atoms with Gasteiger partial charge in [0.25, 0.3) is 5.91 Å². The van der Waals surface area contributed by atoms with Gasteiger partial charge in [-0.05, 0) is 50.8 Å². The van der Waals surface area contributed by atoms with Crippen LogP contribution >= 0.6 is 0 Å². The molecule has 1 aromatic heterocycles. The highest BCUT2D eigenvalue weighted by atomic mass is 16.5. The molecule has 1 aliphatic heterocycles. The molecule has 0 bridgehead atoms. The van der Waals surface area contributed by atoms with Gasteiger partial charge in [-0.1, -0.05) is 0 Å². The standard InChI is InChI=1S/C20H23NO5/c1-12-17(25-13(2)19(22)21-8-10-24-11-9-21)7-6-15-14-4-3-5-16(14)20(23)26-18(12)15/h6-7,13H,3-5,8-11H2,1-2H3. The van der Waals surface area contributed by atoms with Crippen molar-refractivity contribution in [2.45, 2.75) is 39.2 Å². The monoisotopic (exact) mass is 357 g/mol. The Morgan fingerprint density at radius 3 is 2.69 bits per heavy atom. The summed E-state index contributed by atoms with van der Waals surface area (Å²) in [5.41, 5.74) is 2.99. The number of aryl methyl sites for hydroxylation is 2. The zero-order chi connectivity index (χ0) is 18.3. The van der Waals surface area contributed by atoms with Gasteiger partial charge in [-0.3, -0.25) is 4.79 Å². The van der Waals surface area contributed by atoms with Gasteiger partial charge >= 0.3 is 5.63 Å². The van der Waals surface area contributed by atoms with E-state index in [-0.39, 0.29) is 11.5 Å². The molecule has 0 spiro atoms. The number of morpholine rings is 1. The fourth-order valence-electron chi connectivity index (χ4n) is 3.87. The molecule has 6 nitrogen and oxygen atoms in total. The van der Waals surface area contributed by atoms with Crippen LogP contribution in [0.4, 0.5) is 0 Å². The molecule has 1 aliphatic carbocycles. The molecule has 1 unspecified atom stereocenters. The van der Waals surface area contributed by atoms with Crippen molar-refractivity contribution < 1.29 is 18.7 Å². The second-order valence-corrected chi connectivity index (χ2v) is 6.96. The third-order valence-electron chi connectivity index (χ3n) is 5.31. The lowest BCUT2D eigenvalue weighted by Gasteiger charge is -2.29. The number of amides is 1. The van der Waals surface area contributed by atoms with Crippen molar-refractivity contribution in [2.24, 2.45) is 0 Å². The highest BCUT2D eigenvalue weighted by molar-refractivity contribution is 5.86. The summed E-state index contributed by atoms with van der Waals surface area (Å²) in [6.07, 6.45) is 2.08. The third-order valence-corrected chi connectivity index (χ3v) is 5.31. The van der Waals surface area contributed by atoms with E-state index in [1.807, 2.05) is 19.1 Å². The molecule has 2 aliphatic rings. The van der Waals surface area contributed by atoms with Gasteiger partial charge < -0.3 is 18.8 Å². The van der Waals surface area contributed by atoms with Crippen LogP contribution in [0.15, 0.2) is 21.3 Å². The Morgan fingerprint density at radius 2 is 1.92 bits per heavy atom. The number of hydrogen-bond acceptors (Lipinski definition) is 5. The fraction of sp³-hybridized carbons (Fsp3) is 0.500. The fourth-order valence-corrected chi connectivity index (χ4v) is 3.87. The van der Waals surface area contributed by atoms with Crippen molar-refractivity contribution >= 4 is 16.9 Å². The van der Waals surface area contributed by atoms with Gasteiger partial charge in [0.05, 0.1) is 13.2 Å². The van der Waals surface area contributed by atoms with Crippen molar-refractivity contribution in [1.29, 1.82) is 0 Å². The first-order valence-corrected chi connectivity index (χ1v) is 9.17. The van der Waals surface area contributed by atoms with Gasteiger partial charge in [-0.15, -0.1) is 0 Å². The Morgan fingerprint density at radius 1 is 1.19 bits per heavy atom. The van der Waals surface area contributed by atoms with Crippen LogP contribution in [0.1, 0.15) is 30.0 Å². The summed E-state index contributed by atoms with van der Waals surface area (Å²) >= 11 is 0. The van der Waals surface area contributed by atoms with E-state index < -0.39 is 6.10 Å². The van der Waals surface area contributed by atoms with Gasteiger partial charge in [0, 0.05) is 29.6 Å². The molecule has 138 valence electrons. The Kier molecular flexibility index (Phi) is 4.44. The van der Waals surface area contributed by atoms with E-state index in [4.69, 9.17) is 13.9 Å². The van der Waals surface area contributed by atoms with E-state index in [1.54, 1.807) is 11.8 Å². The first kappa shape index (κ1) is 17.1. The Hall–Kier alpha value is -2.34. The van der Waals surface area contributed by atoms with E-state index in [1.165, 1.54) is 0 Å². The van der Waals surface area contributed by atoms with Crippen molar-refractivity contribution in [2.75, 3.05) is 26.3 Å². The number of carbonyl (C=O) groups excluding carboxylic acids is 1. The SMILES string of the molecule is Cc1c(OC(C)C(=O)N2CCOCC2)ccc2c3c(c(=O)oc12)CCC3. The average molecular weight is 357 g/mol. The van der Waals surface area contributed by atoms with Crippen LogP contribution in [0.2, 0.25) is 0 Å². The minimum Gasteiger partial charge on any atom is -0.480 e. The molecule has 1 aromatic carbocycles. The lowest BCUT2D eigenvalue weighted by atomic mass is 10.0. The van der Waals surface area contributed by atoms with Crippen molar-refractivity contribution in [3.8, 4) is 5.75 Å². The maximum atomic E-state index is 12.6. The van der Waals surface area contributed by atoms with Crippen molar-refractivity contribution in [3.05, 3.63) is 39.2 Å². The summed E-state index contributed by atoms with van der Waals surface area (Å²) in [6, 6.07) is 3.82. The first-order valence-electron chi connectivity index (χ1n) is 9.17. The number of benzene rings is 1. The Labute approximate surface area is 151 Å². The van der Waals surface area contributed by atoms with Crippen molar-refractivity contribution in [1.82, 2.24) is 4.90 Å². The first-order chi connectivity index (χ1) is 12.6.